The van der Waals surface area contributed by atoms with Crippen molar-refractivity contribution < 1.29 is 28.9 Å². The number of halogens is 3. The van der Waals surface area contributed by atoms with Gasteiger partial charge in [-0.3, -0.25) is 9.59 Å². The molecule has 152 valence electrons. The lowest BCUT2D eigenvalue weighted by molar-refractivity contribution is -0.136. The van der Waals surface area contributed by atoms with Crippen molar-refractivity contribution in [2.75, 3.05) is 0 Å². The van der Waals surface area contributed by atoms with Crippen LogP contribution >= 0.6 is 67.8 Å². The summed E-state index contributed by atoms with van der Waals surface area (Å²) in [7, 11) is 0. The van der Waals surface area contributed by atoms with Crippen molar-refractivity contribution in [2.24, 2.45) is 0 Å². The van der Waals surface area contributed by atoms with Gasteiger partial charge in [-0.05, 0) is 41.5 Å². The third-order valence-electron chi connectivity index (χ3n) is 3.08. The molecule has 1 N–H and O–H groups in total. The van der Waals surface area contributed by atoms with Crippen molar-refractivity contribution in [3.63, 3.8) is 0 Å². The molecule has 1 aromatic rings. The number of hydrogen-bond donors (Lipinski definition) is 1. The standard InChI is InChI=1S/C18H23I3O6/c1-16(2,19)13(22)25-10-7-11(26-14(23)17(3,4)20)9-12(8-10)27-15(24)18(5,6)21/h7-9,13,22H,1-6H3. The summed E-state index contributed by atoms with van der Waals surface area (Å²) >= 11 is 6.01. The van der Waals surface area contributed by atoms with E-state index in [0.717, 1.165) is 0 Å². The Kier molecular flexibility index (Phi) is 8.65. The molecule has 0 bridgehead atoms. The first-order chi connectivity index (χ1) is 12.0. The summed E-state index contributed by atoms with van der Waals surface area (Å²) in [4.78, 5) is 24.4. The molecule has 0 radical (unpaired) electrons. The van der Waals surface area contributed by atoms with Crippen LogP contribution in [0.15, 0.2) is 18.2 Å². The lowest BCUT2D eigenvalue weighted by Gasteiger charge is -2.25. The van der Waals surface area contributed by atoms with Crippen LogP contribution in [-0.4, -0.2) is 33.6 Å². The number of rotatable bonds is 7. The molecule has 6 nitrogen and oxygen atoms in total. The van der Waals surface area contributed by atoms with Crippen LogP contribution in [0.3, 0.4) is 0 Å². The van der Waals surface area contributed by atoms with Crippen molar-refractivity contribution >= 4 is 79.7 Å². The fourth-order valence-corrected chi connectivity index (χ4v) is 1.80. The van der Waals surface area contributed by atoms with Gasteiger partial charge in [0.25, 0.3) is 0 Å². The van der Waals surface area contributed by atoms with Gasteiger partial charge in [0.15, 0.2) is 0 Å². The average Bonchev–Trinajstić information content (AvgIpc) is 2.43. The van der Waals surface area contributed by atoms with Gasteiger partial charge in [-0.1, -0.05) is 67.8 Å². The Morgan fingerprint density at radius 3 is 1.44 bits per heavy atom. The summed E-state index contributed by atoms with van der Waals surface area (Å²) in [6.45, 7) is 10.5. The predicted molar refractivity (Wildman–Crippen MR) is 129 cm³/mol. The Balaban J connectivity index is 3.22. The van der Waals surface area contributed by atoms with Crippen LogP contribution in [0.25, 0.3) is 0 Å². The number of alkyl halides is 3. The van der Waals surface area contributed by atoms with E-state index < -0.39 is 28.5 Å². The van der Waals surface area contributed by atoms with Gasteiger partial charge in [-0.25, -0.2) is 0 Å². The summed E-state index contributed by atoms with van der Waals surface area (Å²) in [5.74, 6) is -0.370. The molecule has 0 fully saturated rings. The Hall–Kier alpha value is 0.110. The molecule has 0 heterocycles. The molecule has 0 saturated heterocycles. The minimum absolute atomic E-state index is 0.162. The minimum atomic E-state index is -1.12. The Morgan fingerprint density at radius 1 is 0.815 bits per heavy atom. The largest absolute Gasteiger partial charge is 0.463 e. The third kappa shape index (κ3) is 8.56. The van der Waals surface area contributed by atoms with Crippen molar-refractivity contribution in [3.8, 4) is 17.2 Å². The molecule has 0 spiro atoms. The van der Waals surface area contributed by atoms with Crippen molar-refractivity contribution in [1.82, 2.24) is 0 Å². The molecular formula is C18H23I3O6. The quantitative estimate of drug-likeness (QED) is 0.143. The second-order valence-corrected chi connectivity index (χ2v) is 15.6. The summed E-state index contributed by atoms with van der Waals surface area (Å²) in [5, 5.41) is 10.2. The molecule has 9 heteroatoms. The number of esters is 2. The fourth-order valence-electron chi connectivity index (χ4n) is 1.46. The van der Waals surface area contributed by atoms with E-state index in [1.165, 1.54) is 18.2 Å². The van der Waals surface area contributed by atoms with Crippen molar-refractivity contribution in [1.29, 1.82) is 0 Å². The molecule has 0 aliphatic carbocycles. The number of aliphatic hydroxyl groups excluding tert-OH is 1. The van der Waals surface area contributed by atoms with Crippen LogP contribution in [-0.2, 0) is 9.59 Å². The number of aliphatic hydroxyl groups is 1. The van der Waals surface area contributed by atoms with Crippen molar-refractivity contribution in [3.05, 3.63) is 18.2 Å². The Bertz CT molecular complexity index is 652. The smallest absolute Gasteiger partial charge is 0.326 e. The molecule has 0 aliphatic rings. The molecule has 1 aromatic carbocycles. The van der Waals surface area contributed by atoms with E-state index in [9.17, 15) is 14.7 Å². The summed E-state index contributed by atoms with van der Waals surface area (Å²) in [6, 6.07) is 4.38. The number of carbonyl (C=O) groups excluding carboxylic acids is 2. The maximum absolute atomic E-state index is 12.2. The molecule has 0 aromatic heterocycles. The van der Waals surface area contributed by atoms with E-state index in [0.29, 0.717) is 0 Å². The van der Waals surface area contributed by atoms with Gasteiger partial charge >= 0.3 is 11.9 Å². The van der Waals surface area contributed by atoms with Crippen LogP contribution in [0, 0.1) is 0 Å². The predicted octanol–water partition coefficient (Wildman–Crippen LogP) is 4.84. The van der Waals surface area contributed by atoms with Crippen LogP contribution in [0.2, 0.25) is 0 Å². The molecule has 27 heavy (non-hydrogen) atoms. The molecule has 1 unspecified atom stereocenters. The van der Waals surface area contributed by atoms with E-state index in [2.05, 4.69) is 22.6 Å². The van der Waals surface area contributed by atoms with E-state index in [4.69, 9.17) is 14.2 Å². The van der Waals surface area contributed by atoms with Crippen LogP contribution in [0.1, 0.15) is 41.5 Å². The summed E-state index contributed by atoms with van der Waals surface area (Å²) in [6.07, 6.45) is -1.12. The first-order valence-electron chi connectivity index (χ1n) is 8.01. The van der Waals surface area contributed by atoms with Crippen LogP contribution in [0.5, 0.6) is 17.2 Å². The second kappa shape index (κ2) is 9.28. The highest BCUT2D eigenvalue weighted by Crippen LogP contribution is 2.33. The zero-order valence-electron chi connectivity index (χ0n) is 15.9. The normalized spacial score (nSPS) is 13.7. The van der Waals surface area contributed by atoms with E-state index in [1.54, 1.807) is 41.5 Å². The van der Waals surface area contributed by atoms with Gasteiger partial charge in [0.1, 0.15) is 24.1 Å². The Morgan fingerprint density at radius 2 is 1.15 bits per heavy atom. The first-order valence-corrected chi connectivity index (χ1v) is 11.2. The first kappa shape index (κ1) is 25.1. The summed E-state index contributed by atoms with van der Waals surface area (Å²) in [5.41, 5.74) is 0. The molecule has 1 rings (SSSR count). The van der Waals surface area contributed by atoms with Gasteiger partial charge in [-0.2, -0.15) is 0 Å². The van der Waals surface area contributed by atoms with E-state index >= 15 is 0 Å². The molecular weight excluding hydrogens is 693 g/mol. The monoisotopic (exact) mass is 716 g/mol. The van der Waals surface area contributed by atoms with Crippen molar-refractivity contribution in [2.45, 2.75) is 58.1 Å². The van der Waals surface area contributed by atoms with Gasteiger partial charge in [0.2, 0.25) is 6.29 Å². The Labute approximate surface area is 200 Å². The maximum Gasteiger partial charge on any atom is 0.326 e. The lowest BCUT2D eigenvalue weighted by atomic mass is 10.2. The summed E-state index contributed by atoms with van der Waals surface area (Å²) < 4.78 is 14.3. The lowest BCUT2D eigenvalue weighted by Crippen LogP contribution is -2.34. The minimum Gasteiger partial charge on any atom is -0.463 e. The third-order valence-corrected chi connectivity index (χ3v) is 4.49. The molecule has 0 aliphatic heterocycles. The van der Waals surface area contributed by atoms with E-state index in [-0.39, 0.29) is 17.2 Å². The molecule has 0 saturated carbocycles. The maximum atomic E-state index is 12.2. The highest BCUT2D eigenvalue weighted by molar-refractivity contribution is 14.1. The zero-order chi connectivity index (χ0) is 21.2. The van der Waals surface area contributed by atoms with E-state index in [1.807, 2.05) is 45.2 Å². The van der Waals surface area contributed by atoms with Gasteiger partial charge in [-0.15, -0.1) is 0 Å². The van der Waals surface area contributed by atoms with Gasteiger partial charge in [0, 0.05) is 18.2 Å². The van der Waals surface area contributed by atoms with Crippen LogP contribution < -0.4 is 14.2 Å². The SMILES string of the molecule is CC(C)(I)C(=O)Oc1cc(OC(=O)C(C)(C)I)cc(OC(O)C(C)(C)I)c1. The highest BCUT2D eigenvalue weighted by Gasteiger charge is 2.30. The number of hydrogen-bond acceptors (Lipinski definition) is 6. The topological polar surface area (TPSA) is 82.1 Å². The second-order valence-electron chi connectivity index (χ2n) is 7.40. The van der Waals surface area contributed by atoms with Gasteiger partial charge in [0.05, 0.1) is 3.42 Å². The highest BCUT2D eigenvalue weighted by atomic mass is 127. The number of benzene rings is 1. The van der Waals surface area contributed by atoms with Crippen LogP contribution in [0.4, 0.5) is 0 Å². The van der Waals surface area contributed by atoms with Gasteiger partial charge < -0.3 is 19.3 Å². The molecule has 0 amide bonds. The fraction of sp³-hybridized carbons (Fsp3) is 0.556. The zero-order valence-corrected chi connectivity index (χ0v) is 22.4. The molecule has 1 atom stereocenters. The number of carbonyl (C=O) groups is 2. The number of ether oxygens (including phenoxy) is 3. The average molecular weight is 716 g/mol.